The van der Waals surface area contributed by atoms with Crippen molar-refractivity contribution >= 4 is 17.2 Å². The summed E-state index contributed by atoms with van der Waals surface area (Å²) in [5, 5.41) is 14.7. The first kappa shape index (κ1) is 15.0. The lowest BCUT2D eigenvalue weighted by atomic mass is 10.1. The summed E-state index contributed by atoms with van der Waals surface area (Å²) in [5.41, 5.74) is 2.57. The molecule has 1 aliphatic carbocycles. The normalized spacial score (nSPS) is 14.5. The molecule has 0 saturated heterocycles. The molecular formula is C16H18N2O3S. The Kier molecular flexibility index (Phi) is 4.40. The van der Waals surface area contributed by atoms with Gasteiger partial charge < -0.3 is 15.2 Å². The first-order valence-corrected chi connectivity index (χ1v) is 8.13. The van der Waals surface area contributed by atoms with E-state index < -0.39 is 6.10 Å². The molecule has 0 aromatic carbocycles. The van der Waals surface area contributed by atoms with Gasteiger partial charge in [-0.05, 0) is 42.3 Å². The van der Waals surface area contributed by atoms with Crippen LogP contribution in [0, 0.1) is 0 Å². The molecule has 22 heavy (non-hydrogen) atoms. The van der Waals surface area contributed by atoms with Crippen molar-refractivity contribution < 1.29 is 14.6 Å². The van der Waals surface area contributed by atoms with Crippen molar-refractivity contribution in [1.82, 2.24) is 10.3 Å². The average Bonchev–Trinajstić information content (AvgIpc) is 3.21. The molecule has 2 aromatic rings. The van der Waals surface area contributed by atoms with E-state index in [0.717, 1.165) is 35.4 Å². The second kappa shape index (κ2) is 6.46. The third kappa shape index (κ3) is 2.98. The zero-order valence-corrected chi connectivity index (χ0v) is 13.2. The van der Waals surface area contributed by atoms with E-state index in [-0.39, 0.29) is 12.5 Å². The van der Waals surface area contributed by atoms with Crippen molar-refractivity contribution in [3.05, 3.63) is 45.3 Å². The summed E-state index contributed by atoms with van der Waals surface area (Å²) in [6.45, 7) is 0.166. The molecule has 116 valence electrons. The van der Waals surface area contributed by atoms with E-state index in [9.17, 15) is 9.90 Å². The summed E-state index contributed by atoms with van der Waals surface area (Å²) in [4.78, 5) is 17.6. The van der Waals surface area contributed by atoms with E-state index >= 15 is 0 Å². The topological polar surface area (TPSA) is 71.5 Å². The number of carbonyl (C=O) groups excluding carboxylic acids is 1. The fraction of sp³-hybridized carbons (Fsp3) is 0.375. The smallest absolute Gasteiger partial charge is 0.256 e. The van der Waals surface area contributed by atoms with E-state index in [1.807, 2.05) is 23.6 Å². The summed E-state index contributed by atoms with van der Waals surface area (Å²) >= 11 is 1.46. The number of aliphatic hydroxyl groups excluding tert-OH is 1. The minimum Gasteiger partial charge on any atom is -0.480 e. The van der Waals surface area contributed by atoms with Gasteiger partial charge in [0.05, 0.1) is 7.11 Å². The van der Waals surface area contributed by atoms with Crippen LogP contribution in [0.15, 0.2) is 23.6 Å². The average molecular weight is 318 g/mol. The molecule has 0 spiro atoms. The second-order valence-electron chi connectivity index (χ2n) is 5.25. The lowest BCUT2D eigenvalue weighted by molar-refractivity contribution is 0.0914. The fourth-order valence-corrected chi connectivity index (χ4v) is 3.35. The van der Waals surface area contributed by atoms with Crippen LogP contribution in [0.1, 0.15) is 39.0 Å². The van der Waals surface area contributed by atoms with E-state index in [0.29, 0.717) is 11.4 Å². The van der Waals surface area contributed by atoms with Crippen LogP contribution in [0.25, 0.3) is 0 Å². The third-order valence-electron chi connectivity index (χ3n) is 3.78. The second-order valence-corrected chi connectivity index (χ2v) is 6.23. The first-order chi connectivity index (χ1) is 10.7. The van der Waals surface area contributed by atoms with Gasteiger partial charge in [-0.1, -0.05) is 6.07 Å². The molecule has 6 heteroatoms. The van der Waals surface area contributed by atoms with Gasteiger partial charge in [-0.25, -0.2) is 4.98 Å². The predicted molar refractivity (Wildman–Crippen MR) is 84.4 cm³/mol. The number of aromatic nitrogens is 1. The molecule has 0 fully saturated rings. The predicted octanol–water partition coefficient (Wildman–Crippen LogP) is 2.10. The van der Waals surface area contributed by atoms with Crippen molar-refractivity contribution in [3.8, 4) is 5.88 Å². The molecule has 1 atom stereocenters. The number of thiophene rings is 1. The molecule has 5 nitrogen and oxygen atoms in total. The maximum Gasteiger partial charge on any atom is 0.256 e. The van der Waals surface area contributed by atoms with Gasteiger partial charge in [0.15, 0.2) is 0 Å². The standard InChI is InChI=1S/C16H18N2O3S/c1-21-16-11(8-10-4-2-5-12(10)18-16)15(20)17-9-13(19)14-6-3-7-22-14/h3,6-8,13,19H,2,4-5,9H2,1H3,(H,17,20)/t13-/m1/s1. The molecule has 1 aliphatic rings. The minimum atomic E-state index is -0.697. The molecule has 0 radical (unpaired) electrons. The van der Waals surface area contributed by atoms with Gasteiger partial charge in [0.25, 0.3) is 5.91 Å². The Labute approximate surface area is 133 Å². The largest absolute Gasteiger partial charge is 0.480 e. The van der Waals surface area contributed by atoms with Crippen molar-refractivity contribution in [2.45, 2.75) is 25.4 Å². The maximum atomic E-state index is 12.4. The van der Waals surface area contributed by atoms with E-state index in [2.05, 4.69) is 10.3 Å². The van der Waals surface area contributed by atoms with Gasteiger partial charge in [0.2, 0.25) is 5.88 Å². The van der Waals surface area contributed by atoms with Crippen LogP contribution in [0.5, 0.6) is 5.88 Å². The highest BCUT2D eigenvalue weighted by molar-refractivity contribution is 7.10. The number of ether oxygens (including phenoxy) is 1. The number of hydrogen-bond donors (Lipinski definition) is 2. The Balaban J connectivity index is 1.72. The van der Waals surface area contributed by atoms with Crippen molar-refractivity contribution in [2.24, 2.45) is 0 Å². The first-order valence-electron chi connectivity index (χ1n) is 7.25. The van der Waals surface area contributed by atoms with Gasteiger partial charge in [-0.2, -0.15) is 0 Å². The van der Waals surface area contributed by atoms with Crippen LogP contribution in [0.2, 0.25) is 0 Å². The number of hydrogen-bond acceptors (Lipinski definition) is 5. The minimum absolute atomic E-state index is 0.166. The summed E-state index contributed by atoms with van der Waals surface area (Å²) in [6.07, 6.45) is 2.25. The van der Waals surface area contributed by atoms with Crippen molar-refractivity contribution in [2.75, 3.05) is 13.7 Å². The number of methoxy groups -OCH3 is 1. The van der Waals surface area contributed by atoms with Gasteiger partial charge in [0.1, 0.15) is 11.7 Å². The number of amides is 1. The van der Waals surface area contributed by atoms with Crippen LogP contribution < -0.4 is 10.1 Å². The Morgan fingerprint density at radius 3 is 3.14 bits per heavy atom. The van der Waals surface area contributed by atoms with Crippen molar-refractivity contribution in [1.29, 1.82) is 0 Å². The molecule has 0 bridgehead atoms. The Morgan fingerprint density at radius 1 is 1.55 bits per heavy atom. The number of rotatable bonds is 5. The third-order valence-corrected chi connectivity index (χ3v) is 4.75. The summed E-state index contributed by atoms with van der Waals surface area (Å²) in [7, 11) is 1.51. The summed E-state index contributed by atoms with van der Waals surface area (Å²) in [6, 6.07) is 5.58. The highest BCUT2D eigenvalue weighted by atomic mass is 32.1. The Bertz CT molecular complexity index is 670. The van der Waals surface area contributed by atoms with Crippen molar-refractivity contribution in [3.63, 3.8) is 0 Å². The highest BCUT2D eigenvalue weighted by Gasteiger charge is 2.21. The molecular weight excluding hydrogens is 300 g/mol. The van der Waals surface area contributed by atoms with Crippen LogP contribution in [0.4, 0.5) is 0 Å². The number of nitrogens with one attached hydrogen (secondary N) is 1. The molecule has 0 saturated carbocycles. The molecule has 0 unspecified atom stereocenters. The number of aliphatic hydroxyl groups is 1. The number of fused-ring (bicyclic) bond motifs is 1. The highest BCUT2D eigenvalue weighted by Crippen LogP contribution is 2.26. The van der Waals surface area contributed by atoms with Gasteiger partial charge >= 0.3 is 0 Å². The quantitative estimate of drug-likeness (QED) is 0.886. The molecule has 2 heterocycles. The zero-order chi connectivity index (χ0) is 15.5. The number of aryl methyl sites for hydroxylation is 2. The van der Waals surface area contributed by atoms with Crippen LogP contribution in [0.3, 0.4) is 0 Å². The SMILES string of the molecule is COc1nc2c(cc1C(=O)NC[C@@H](O)c1cccs1)CCC2. The van der Waals surface area contributed by atoms with E-state index in [4.69, 9.17) is 4.74 Å². The maximum absolute atomic E-state index is 12.4. The fourth-order valence-electron chi connectivity index (χ4n) is 2.64. The number of nitrogens with zero attached hydrogens (tertiary/aromatic N) is 1. The lowest BCUT2D eigenvalue weighted by Gasteiger charge is -2.13. The van der Waals surface area contributed by atoms with Crippen LogP contribution in [-0.2, 0) is 12.8 Å². The molecule has 2 N–H and O–H groups in total. The van der Waals surface area contributed by atoms with Gasteiger partial charge in [-0.15, -0.1) is 11.3 Å². The zero-order valence-electron chi connectivity index (χ0n) is 12.3. The van der Waals surface area contributed by atoms with Gasteiger partial charge in [0, 0.05) is 17.1 Å². The van der Waals surface area contributed by atoms with Gasteiger partial charge in [-0.3, -0.25) is 4.79 Å². The number of pyridine rings is 1. The Morgan fingerprint density at radius 2 is 2.41 bits per heavy atom. The van der Waals surface area contributed by atoms with E-state index in [1.54, 1.807) is 0 Å². The molecule has 3 rings (SSSR count). The van der Waals surface area contributed by atoms with Crippen LogP contribution >= 0.6 is 11.3 Å². The number of carbonyl (C=O) groups is 1. The Hall–Kier alpha value is -1.92. The van der Waals surface area contributed by atoms with Crippen LogP contribution in [-0.4, -0.2) is 29.7 Å². The molecule has 2 aromatic heterocycles. The summed E-state index contributed by atoms with van der Waals surface area (Å²) < 4.78 is 5.24. The lowest BCUT2D eigenvalue weighted by Crippen LogP contribution is -2.28. The molecule has 0 aliphatic heterocycles. The molecule has 1 amide bonds. The summed E-state index contributed by atoms with van der Waals surface area (Å²) in [5.74, 6) is 0.0819. The monoisotopic (exact) mass is 318 g/mol. The van der Waals surface area contributed by atoms with E-state index in [1.165, 1.54) is 18.4 Å².